The molecule has 1 N–H and O–H groups in total. The van der Waals surface area contributed by atoms with Gasteiger partial charge in [-0.15, -0.1) is 10.2 Å². The van der Waals surface area contributed by atoms with E-state index in [0.29, 0.717) is 6.42 Å². The van der Waals surface area contributed by atoms with Crippen molar-refractivity contribution in [3.8, 4) is 0 Å². The van der Waals surface area contributed by atoms with Gasteiger partial charge in [0.15, 0.2) is 5.82 Å². The van der Waals surface area contributed by atoms with Crippen LogP contribution in [0.3, 0.4) is 0 Å². The van der Waals surface area contributed by atoms with Gasteiger partial charge in [-0.1, -0.05) is 37.5 Å². The van der Waals surface area contributed by atoms with E-state index < -0.39 is 11.4 Å². The molecule has 0 unspecified atom stereocenters. The van der Waals surface area contributed by atoms with Gasteiger partial charge in [0.1, 0.15) is 5.01 Å². The van der Waals surface area contributed by atoms with Crippen LogP contribution < -0.4 is 0 Å². The molecule has 2 heterocycles. The molecule has 0 radical (unpaired) electrons. The molecular formula is C13H18N4O2S. The zero-order valence-corrected chi connectivity index (χ0v) is 12.3. The van der Waals surface area contributed by atoms with E-state index in [1.54, 1.807) is 4.52 Å². The van der Waals surface area contributed by atoms with Crippen LogP contribution in [0.1, 0.15) is 49.9 Å². The summed E-state index contributed by atoms with van der Waals surface area (Å²) >= 11 is 1.46. The molecule has 20 heavy (non-hydrogen) atoms. The highest BCUT2D eigenvalue weighted by Crippen LogP contribution is 2.40. The minimum absolute atomic E-state index is 0.513. The summed E-state index contributed by atoms with van der Waals surface area (Å²) in [5, 5.41) is 23.1. The van der Waals surface area contributed by atoms with E-state index in [-0.39, 0.29) is 0 Å². The average molecular weight is 294 g/mol. The summed E-state index contributed by atoms with van der Waals surface area (Å²) < 4.78 is 1.75. The third-order valence-corrected chi connectivity index (χ3v) is 5.07. The summed E-state index contributed by atoms with van der Waals surface area (Å²) in [6, 6.07) is 0. The van der Waals surface area contributed by atoms with Crippen LogP contribution in [0.25, 0.3) is 4.96 Å². The Bertz CT molecular complexity index is 627. The van der Waals surface area contributed by atoms with Crippen LogP contribution in [-0.2, 0) is 17.6 Å². The monoisotopic (exact) mass is 294 g/mol. The van der Waals surface area contributed by atoms with Crippen molar-refractivity contribution in [3.63, 3.8) is 0 Å². The molecule has 0 aromatic carbocycles. The van der Waals surface area contributed by atoms with Gasteiger partial charge in [-0.05, 0) is 12.8 Å². The summed E-state index contributed by atoms with van der Waals surface area (Å²) in [7, 11) is 0. The van der Waals surface area contributed by atoms with E-state index in [2.05, 4.69) is 15.3 Å². The van der Waals surface area contributed by atoms with Gasteiger partial charge in [-0.2, -0.15) is 9.61 Å². The number of hydrogen-bond donors (Lipinski definition) is 1. The van der Waals surface area contributed by atoms with Gasteiger partial charge in [0.05, 0.1) is 5.41 Å². The molecule has 1 fully saturated rings. The fraction of sp³-hybridized carbons (Fsp3) is 0.692. The van der Waals surface area contributed by atoms with Crippen LogP contribution in [0.2, 0.25) is 0 Å². The van der Waals surface area contributed by atoms with Crippen LogP contribution in [-0.4, -0.2) is 30.9 Å². The highest BCUT2D eigenvalue weighted by atomic mass is 32.1. The lowest BCUT2D eigenvalue weighted by atomic mass is 9.72. The highest BCUT2D eigenvalue weighted by molar-refractivity contribution is 7.16. The molecule has 108 valence electrons. The Morgan fingerprint density at radius 3 is 2.75 bits per heavy atom. The van der Waals surface area contributed by atoms with Gasteiger partial charge in [0, 0.05) is 12.8 Å². The van der Waals surface area contributed by atoms with Gasteiger partial charge in [0.25, 0.3) is 0 Å². The van der Waals surface area contributed by atoms with Gasteiger partial charge in [-0.3, -0.25) is 4.79 Å². The number of rotatable bonds is 4. The topological polar surface area (TPSA) is 80.4 Å². The Balaban J connectivity index is 1.90. The van der Waals surface area contributed by atoms with Gasteiger partial charge >= 0.3 is 5.97 Å². The zero-order valence-electron chi connectivity index (χ0n) is 11.5. The largest absolute Gasteiger partial charge is 0.481 e. The van der Waals surface area contributed by atoms with Crippen LogP contribution in [0.5, 0.6) is 0 Å². The second-order valence-electron chi connectivity index (χ2n) is 5.48. The van der Waals surface area contributed by atoms with Crippen LogP contribution >= 0.6 is 11.3 Å². The van der Waals surface area contributed by atoms with Crippen LogP contribution in [0, 0.1) is 5.41 Å². The van der Waals surface area contributed by atoms with Crippen LogP contribution in [0.4, 0.5) is 0 Å². The Morgan fingerprint density at radius 1 is 1.35 bits per heavy atom. The number of hydrogen-bond acceptors (Lipinski definition) is 5. The molecule has 7 heteroatoms. The molecule has 1 saturated carbocycles. The summed E-state index contributed by atoms with van der Waals surface area (Å²) in [6.45, 7) is 2.01. The first-order valence-electron chi connectivity index (χ1n) is 7.08. The van der Waals surface area contributed by atoms with Crippen molar-refractivity contribution < 1.29 is 9.90 Å². The molecule has 0 aliphatic heterocycles. The lowest BCUT2D eigenvalue weighted by molar-refractivity contribution is -0.151. The lowest BCUT2D eigenvalue weighted by Gasteiger charge is -2.32. The Hall–Kier alpha value is -1.50. The molecule has 0 saturated heterocycles. The SMILES string of the molecule is CCc1nnc2sc(CC3(C(=O)O)CCCCC3)nn12. The van der Waals surface area contributed by atoms with Gasteiger partial charge in [0.2, 0.25) is 4.96 Å². The number of carboxylic acid groups (broad SMARTS) is 1. The summed E-state index contributed by atoms with van der Waals surface area (Å²) in [4.78, 5) is 12.5. The summed E-state index contributed by atoms with van der Waals surface area (Å²) in [5.74, 6) is 0.148. The highest BCUT2D eigenvalue weighted by Gasteiger charge is 2.40. The summed E-state index contributed by atoms with van der Waals surface area (Å²) in [5.41, 5.74) is -0.631. The van der Waals surface area contributed by atoms with Crippen molar-refractivity contribution in [1.29, 1.82) is 0 Å². The Kier molecular flexibility index (Phi) is 3.45. The van der Waals surface area contributed by atoms with Gasteiger partial charge in [-0.25, -0.2) is 0 Å². The maximum absolute atomic E-state index is 11.7. The fourth-order valence-corrected chi connectivity index (χ4v) is 3.97. The van der Waals surface area contributed by atoms with E-state index in [1.165, 1.54) is 11.3 Å². The second-order valence-corrected chi connectivity index (χ2v) is 6.52. The molecule has 0 amide bonds. The second kappa shape index (κ2) is 5.12. The lowest BCUT2D eigenvalue weighted by Crippen LogP contribution is -2.35. The molecule has 3 rings (SSSR count). The minimum atomic E-state index is -0.682. The number of carboxylic acids is 1. The van der Waals surface area contributed by atoms with E-state index in [9.17, 15) is 9.90 Å². The Labute approximate surface area is 120 Å². The number of carbonyl (C=O) groups is 1. The molecule has 2 aromatic rings. The maximum Gasteiger partial charge on any atom is 0.310 e. The molecule has 0 atom stereocenters. The normalized spacial score (nSPS) is 18.4. The third kappa shape index (κ3) is 2.19. The van der Waals surface area contributed by atoms with Crippen molar-refractivity contribution in [2.24, 2.45) is 5.41 Å². The number of aryl methyl sites for hydroxylation is 1. The first kappa shape index (κ1) is 13.5. The predicted octanol–water partition coefficient (Wildman–Crippen LogP) is 2.33. The molecule has 0 bridgehead atoms. The maximum atomic E-state index is 11.7. The van der Waals surface area contributed by atoms with Gasteiger partial charge < -0.3 is 5.11 Å². The Morgan fingerprint density at radius 2 is 2.10 bits per heavy atom. The molecule has 1 aliphatic carbocycles. The van der Waals surface area contributed by atoms with Crippen molar-refractivity contribution in [3.05, 3.63) is 10.8 Å². The quantitative estimate of drug-likeness (QED) is 0.936. The van der Waals surface area contributed by atoms with E-state index in [0.717, 1.165) is 54.3 Å². The molecule has 0 spiro atoms. The molecular weight excluding hydrogens is 276 g/mol. The first-order valence-corrected chi connectivity index (χ1v) is 7.90. The average Bonchev–Trinajstić information content (AvgIpc) is 2.99. The van der Waals surface area contributed by atoms with E-state index in [4.69, 9.17) is 0 Å². The van der Waals surface area contributed by atoms with E-state index in [1.807, 2.05) is 6.92 Å². The zero-order chi connectivity index (χ0) is 14.2. The third-order valence-electron chi connectivity index (χ3n) is 4.17. The fourth-order valence-electron chi connectivity index (χ4n) is 2.97. The van der Waals surface area contributed by atoms with Crippen molar-refractivity contribution in [1.82, 2.24) is 19.8 Å². The van der Waals surface area contributed by atoms with Crippen molar-refractivity contribution >= 4 is 22.3 Å². The number of nitrogens with zero attached hydrogens (tertiary/aromatic N) is 4. The standard InChI is InChI=1S/C13H18N4O2S/c1-2-9-14-15-12-17(9)16-10(20-12)8-13(11(18)19)6-4-3-5-7-13/h2-8H2,1H3,(H,18,19). The van der Waals surface area contributed by atoms with Crippen LogP contribution in [0.15, 0.2) is 0 Å². The van der Waals surface area contributed by atoms with E-state index >= 15 is 0 Å². The molecule has 1 aliphatic rings. The van der Waals surface area contributed by atoms with Crippen molar-refractivity contribution in [2.45, 2.75) is 51.9 Å². The number of aromatic nitrogens is 4. The number of fused-ring (bicyclic) bond motifs is 1. The number of aliphatic carboxylic acids is 1. The smallest absolute Gasteiger partial charge is 0.310 e. The minimum Gasteiger partial charge on any atom is -0.481 e. The molecule has 2 aromatic heterocycles. The molecule has 6 nitrogen and oxygen atoms in total. The van der Waals surface area contributed by atoms with Crippen molar-refractivity contribution in [2.75, 3.05) is 0 Å². The first-order chi connectivity index (χ1) is 9.64. The predicted molar refractivity (Wildman–Crippen MR) is 74.9 cm³/mol. The summed E-state index contributed by atoms with van der Waals surface area (Å²) in [6.07, 6.45) is 5.92.